The van der Waals surface area contributed by atoms with Crippen LogP contribution >= 0.6 is 0 Å². The summed E-state index contributed by atoms with van der Waals surface area (Å²) in [7, 11) is 0. The van der Waals surface area contributed by atoms with Gasteiger partial charge in [0.15, 0.2) is 0 Å². The number of ether oxygens (including phenoxy) is 1. The molecule has 1 saturated carbocycles. The SMILES string of the molecule is CC(c1ccc(OC(F)(F)F)cc1)N1CCN(C(=O)C2CCCC2)CC1. The highest BCUT2D eigenvalue weighted by Crippen LogP contribution is 2.29. The number of benzene rings is 1. The van der Waals surface area contributed by atoms with Gasteiger partial charge in [-0.05, 0) is 37.5 Å². The maximum absolute atomic E-state index is 12.5. The van der Waals surface area contributed by atoms with Crippen molar-refractivity contribution in [3.8, 4) is 5.75 Å². The Hall–Kier alpha value is -1.76. The number of carbonyl (C=O) groups is 1. The Kier molecular flexibility index (Phi) is 5.75. The van der Waals surface area contributed by atoms with Gasteiger partial charge < -0.3 is 9.64 Å². The number of nitrogens with zero attached hydrogens (tertiary/aromatic N) is 2. The van der Waals surface area contributed by atoms with E-state index >= 15 is 0 Å². The number of rotatable bonds is 4. The van der Waals surface area contributed by atoms with Gasteiger partial charge in [-0.3, -0.25) is 9.69 Å². The molecule has 2 aliphatic rings. The lowest BCUT2D eigenvalue weighted by atomic mass is 10.0. The molecule has 144 valence electrons. The molecule has 1 aromatic rings. The fraction of sp³-hybridized carbons (Fsp3) is 0.632. The van der Waals surface area contributed by atoms with Crippen molar-refractivity contribution in [3.63, 3.8) is 0 Å². The van der Waals surface area contributed by atoms with Crippen molar-refractivity contribution in [2.24, 2.45) is 5.92 Å². The number of halogens is 3. The van der Waals surface area contributed by atoms with Crippen molar-refractivity contribution < 1.29 is 22.7 Å². The van der Waals surface area contributed by atoms with Crippen LogP contribution < -0.4 is 4.74 Å². The van der Waals surface area contributed by atoms with Crippen LogP contribution in [0.25, 0.3) is 0 Å². The number of amides is 1. The van der Waals surface area contributed by atoms with Crippen LogP contribution in [0.5, 0.6) is 5.75 Å². The van der Waals surface area contributed by atoms with Crippen molar-refractivity contribution in [1.82, 2.24) is 9.80 Å². The zero-order chi connectivity index (χ0) is 18.7. The van der Waals surface area contributed by atoms with Crippen molar-refractivity contribution in [1.29, 1.82) is 0 Å². The number of carbonyl (C=O) groups excluding carboxylic acids is 1. The summed E-state index contributed by atoms with van der Waals surface area (Å²) in [6.45, 7) is 5.03. The van der Waals surface area contributed by atoms with Gasteiger partial charge in [0, 0.05) is 38.1 Å². The molecule has 0 spiro atoms. The van der Waals surface area contributed by atoms with Gasteiger partial charge in [-0.15, -0.1) is 13.2 Å². The maximum atomic E-state index is 12.5. The summed E-state index contributed by atoms with van der Waals surface area (Å²) in [6, 6.07) is 6.11. The van der Waals surface area contributed by atoms with Crippen LogP contribution in [0.3, 0.4) is 0 Å². The minimum absolute atomic E-state index is 0.0821. The molecule has 1 aromatic carbocycles. The third-order valence-corrected chi connectivity index (χ3v) is 5.47. The Morgan fingerprint density at radius 3 is 2.19 bits per heavy atom. The first kappa shape index (κ1) is 19.0. The highest BCUT2D eigenvalue weighted by Gasteiger charge is 2.32. The molecule has 1 atom stereocenters. The maximum Gasteiger partial charge on any atom is 0.573 e. The minimum atomic E-state index is -4.67. The number of hydrogen-bond donors (Lipinski definition) is 0. The average Bonchev–Trinajstić information content (AvgIpc) is 3.14. The zero-order valence-corrected chi connectivity index (χ0v) is 15.0. The number of alkyl halides is 3. The Bertz CT molecular complexity index is 604. The van der Waals surface area contributed by atoms with Crippen LogP contribution in [0.15, 0.2) is 24.3 Å². The predicted octanol–water partition coefficient (Wildman–Crippen LogP) is 3.98. The Balaban J connectivity index is 1.53. The predicted molar refractivity (Wildman–Crippen MR) is 91.7 cm³/mol. The molecule has 0 bridgehead atoms. The second-order valence-electron chi connectivity index (χ2n) is 7.14. The molecule has 1 heterocycles. The van der Waals surface area contributed by atoms with E-state index in [0.29, 0.717) is 5.91 Å². The van der Waals surface area contributed by atoms with Crippen LogP contribution in [0.4, 0.5) is 13.2 Å². The van der Waals surface area contributed by atoms with Gasteiger partial charge in [0.05, 0.1) is 0 Å². The molecular weight excluding hydrogens is 345 g/mol. The molecule has 1 saturated heterocycles. The van der Waals surface area contributed by atoms with Crippen LogP contribution in [0.2, 0.25) is 0 Å². The fourth-order valence-electron chi connectivity index (χ4n) is 3.92. The van der Waals surface area contributed by atoms with Gasteiger partial charge in [0.2, 0.25) is 5.91 Å². The molecule has 3 rings (SSSR count). The van der Waals surface area contributed by atoms with Crippen LogP contribution in [0.1, 0.15) is 44.2 Å². The van der Waals surface area contributed by atoms with E-state index in [9.17, 15) is 18.0 Å². The molecule has 1 aliphatic carbocycles. The minimum Gasteiger partial charge on any atom is -0.406 e. The molecule has 26 heavy (non-hydrogen) atoms. The Labute approximate surface area is 151 Å². The second kappa shape index (κ2) is 7.86. The molecule has 2 fully saturated rings. The highest BCUT2D eigenvalue weighted by molar-refractivity contribution is 5.79. The summed E-state index contributed by atoms with van der Waals surface area (Å²) in [5.74, 6) is 0.295. The van der Waals surface area contributed by atoms with Gasteiger partial charge in [-0.1, -0.05) is 25.0 Å². The molecule has 0 N–H and O–H groups in total. The molecule has 1 aliphatic heterocycles. The quantitative estimate of drug-likeness (QED) is 0.804. The van der Waals surface area contributed by atoms with E-state index in [2.05, 4.69) is 9.64 Å². The lowest BCUT2D eigenvalue weighted by molar-refractivity contribution is -0.274. The average molecular weight is 370 g/mol. The summed E-state index contributed by atoms with van der Waals surface area (Å²) in [4.78, 5) is 16.7. The monoisotopic (exact) mass is 370 g/mol. The van der Waals surface area contributed by atoms with E-state index < -0.39 is 6.36 Å². The van der Waals surface area contributed by atoms with Gasteiger partial charge in [0.1, 0.15) is 5.75 Å². The summed E-state index contributed by atoms with van der Waals surface area (Å²) in [5.41, 5.74) is 0.940. The molecule has 0 aromatic heterocycles. The van der Waals surface area contributed by atoms with E-state index in [1.54, 1.807) is 12.1 Å². The van der Waals surface area contributed by atoms with Crippen LogP contribution in [-0.2, 0) is 4.79 Å². The summed E-state index contributed by atoms with van der Waals surface area (Å²) < 4.78 is 40.6. The summed E-state index contributed by atoms with van der Waals surface area (Å²) in [5, 5.41) is 0. The van der Waals surface area contributed by atoms with Gasteiger partial charge >= 0.3 is 6.36 Å². The highest BCUT2D eigenvalue weighted by atomic mass is 19.4. The second-order valence-corrected chi connectivity index (χ2v) is 7.14. The lowest BCUT2D eigenvalue weighted by Crippen LogP contribution is -2.50. The third kappa shape index (κ3) is 4.69. The number of hydrogen-bond acceptors (Lipinski definition) is 3. The van der Waals surface area contributed by atoms with Crippen molar-refractivity contribution >= 4 is 5.91 Å². The van der Waals surface area contributed by atoms with Gasteiger partial charge in [0.25, 0.3) is 0 Å². The molecule has 0 radical (unpaired) electrons. The van der Waals surface area contributed by atoms with E-state index in [0.717, 1.165) is 57.4 Å². The molecule has 4 nitrogen and oxygen atoms in total. The standard InChI is InChI=1S/C19H25F3N2O2/c1-14(15-6-8-17(9-7-15)26-19(20,21)22)23-10-12-24(13-11-23)18(25)16-4-2-3-5-16/h6-9,14,16H,2-5,10-13H2,1H3. The fourth-order valence-corrected chi connectivity index (χ4v) is 3.92. The Morgan fingerprint density at radius 1 is 1.08 bits per heavy atom. The third-order valence-electron chi connectivity index (χ3n) is 5.47. The van der Waals surface area contributed by atoms with Crippen LogP contribution in [0, 0.1) is 5.92 Å². The van der Waals surface area contributed by atoms with Gasteiger partial charge in [-0.25, -0.2) is 0 Å². The largest absolute Gasteiger partial charge is 0.573 e. The summed E-state index contributed by atoms with van der Waals surface area (Å²) in [6.07, 6.45) is -0.332. The normalized spacial score (nSPS) is 21.0. The molecule has 7 heteroatoms. The van der Waals surface area contributed by atoms with Crippen molar-refractivity contribution in [2.45, 2.75) is 45.0 Å². The van der Waals surface area contributed by atoms with Crippen LogP contribution in [-0.4, -0.2) is 48.2 Å². The zero-order valence-electron chi connectivity index (χ0n) is 15.0. The lowest BCUT2D eigenvalue weighted by Gasteiger charge is -2.39. The van der Waals surface area contributed by atoms with E-state index in [1.807, 2.05) is 11.8 Å². The smallest absolute Gasteiger partial charge is 0.406 e. The molecule has 1 unspecified atom stereocenters. The van der Waals surface area contributed by atoms with Gasteiger partial charge in [-0.2, -0.15) is 0 Å². The Morgan fingerprint density at radius 2 is 1.65 bits per heavy atom. The first-order valence-corrected chi connectivity index (χ1v) is 9.22. The van der Waals surface area contributed by atoms with E-state index in [4.69, 9.17) is 0 Å². The molecular formula is C19H25F3N2O2. The van der Waals surface area contributed by atoms with E-state index in [1.165, 1.54) is 12.1 Å². The molecule has 1 amide bonds. The van der Waals surface area contributed by atoms with Crippen molar-refractivity contribution in [2.75, 3.05) is 26.2 Å². The first-order chi connectivity index (χ1) is 12.3. The van der Waals surface area contributed by atoms with Crippen molar-refractivity contribution in [3.05, 3.63) is 29.8 Å². The van der Waals surface area contributed by atoms with E-state index in [-0.39, 0.29) is 17.7 Å². The number of piperazine rings is 1. The first-order valence-electron chi connectivity index (χ1n) is 9.22. The summed E-state index contributed by atoms with van der Waals surface area (Å²) >= 11 is 0. The topological polar surface area (TPSA) is 32.8 Å².